The third-order valence-electron chi connectivity index (χ3n) is 1.19. The third-order valence-corrected chi connectivity index (χ3v) is 3.34. The van der Waals surface area contributed by atoms with E-state index in [1.807, 2.05) is 0 Å². The van der Waals surface area contributed by atoms with Crippen LogP contribution in [0.2, 0.25) is 0 Å². The van der Waals surface area contributed by atoms with Crippen LogP contribution in [0.15, 0.2) is 16.8 Å². The van der Waals surface area contributed by atoms with Crippen molar-refractivity contribution in [2.24, 2.45) is 5.18 Å². The Labute approximate surface area is 90.9 Å². The Morgan fingerprint density at radius 3 is 2.38 bits per heavy atom. The molecule has 3 N–H and O–H groups in total. The molecule has 0 amide bonds. The molecule has 0 fully saturated rings. The summed E-state index contributed by atoms with van der Waals surface area (Å²) in [4.78, 5) is 35.1. The summed E-state index contributed by atoms with van der Waals surface area (Å²) in [6.45, 7) is 0.977. The smallest absolute Gasteiger partial charge is 0.302 e. The predicted molar refractivity (Wildman–Crippen MR) is 53.3 cm³/mol. The summed E-state index contributed by atoms with van der Waals surface area (Å²) < 4.78 is 28.8. The fourth-order valence-electron chi connectivity index (χ4n) is 0.598. The maximum Gasteiger partial charge on any atom is 0.481 e. The summed E-state index contributed by atoms with van der Waals surface area (Å²) in [5, 5.41) is 2.55. The van der Waals surface area contributed by atoms with Crippen LogP contribution in [-0.4, -0.2) is 27.8 Å². The second-order valence-electron chi connectivity index (χ2n) is 2.67. The molecular formula is C5H11NO8P2. The van der Waals surface area contributed by atoms with E-state index in [1.165, 1.54) is 13.0 Å². The van der Waals surface area contributed by atoms with Crippen LogP contribution in [-0.2, 0) is 18.0 Å². The van der Waals surface area contributed by atoms with E-state index in [9.17, 15) is 14.0 Å². The molecule has 1 atom stereocenters. The molecule has 0 rings (SSSR count). The Kier molecular flexibility index (Phi) is 6.20. The average molecular weight is 275 g/mol. The van der Waals surface area contributed by atoms with Crippen LogP contribution in [0.25, 0.3) is 0 Å². The molecule has 0 aliphatic carbocycles. The van der Waals surface area contributed by atoms with E-state index in [-0.39, 0.29) is 6.54 Å². The van der Waals surface area contributed by atoms with Crippen molar-refractivity contribution in [3.8, 4) is 0 Å². The molecule has 0 spiro atoms. The van der Waals surface area contributed by atoms with Crippen LogP contribution >= 0.6 is 15.6 Å². The minimum atomic E-state index is -5.09. The van der Waals surface area contributed by atoms with Gasteiger partial charge in [0.25, 0.3) is 0 Å². The zero-order valence-corrected chi connectivity index (χ0v) is 10.0. The first-order valence-corrected chi connectivity index (χ1v) is 6.88. The van der Waals surface area contributed by atoms with Crippen molar-refractivity contribution in [3.05, 3.63) is 16.6 Å². The minimum absolute atomic E-state index is 0.113. The summed E-state index contributed by atoms with van der Waals surface area (Å²) in [6, 6.07) is 0. The molecule has 16 heavy (non-hydrogen) atoms. The van der Waals surface area contributed by atoms with Gasteiger partial charge in [0, 0.05) is 0 Å². The fraction of sp³-hybridized carbons (Fsp3) is 0.600. The SMILES string of the molecule is C/C(=C\COP(=O)(O)OP(=O)(O)O)CN=O. The quantitative estimate of drug-likeness (QED) is 0.353. The van der Waals surface area contributed by atoms with Crippen molar-refractivity contribution in [2.45, 2.75) is 6.92 Å². The number of nitroso groups, excluding NO2 is 1. The Bertz CT molecular complexity index is 359. The van der Waals surface area contributed by atoms with E-state index in [4.69, 9.17) is 14.7 Å². The van der Waals surface area contributed by atoms with Gasteiger partial charge in [-0.3, -0.25) is 4.52 Å². The highest BCUT2D eigenvalue weighted by molar-refractivity contribution is 7.60. The third kappa shape index (κ3) is 8.87. The van der Waals surface area contributed by atoms with Gasteiger partial charge in [0.05, 0.1) is 6.61 Å². The number of phosphoric acid groups is 2. The summed E-state index contributed by atoms with van der Waals surface area (Å²) >= 11 is 0. The molecule has 0 aromatic heterocycles. The second-order valence-corrected chi connectivity index (χ2v) is 5.50. The number of nitrogens with zero attached hydrogens (tertiary/aromatic N) is 1. The lowest BCUT2D eigenvalue weighted by atomic mass is 10.3. The fourth-order valence-corrected chi connectivity index (χ4v) is 2.12. The zero-order valence-electron chi connectivity index (χ0n) is 8.22. The number of phosphoric ester groups is 1. The van der Waals surface area contributed by atoms with Gasteiger partial charge in [-0.25, -0.2) is 9.13 Å². The van der Waals surface area contributed by atoms with E-state index < -0.39 is 22.3 Å². The highest BCUT2D eigenvalue weighted by atomic mass is 31.3. The van der Waals surface area contributed by atoms with Crippen LogP contribution < -0.4 is 0 Å². The van der Waals surface area contributed by atoms with Crippen LogP contribution in [0.1, 0.15) is 6.92 Å². The lowest BCUT2D eigenvalue weighted by Crippen LogP contribution is -1.95. The van der Waals surface area contributed by atoms with E-state index in [0.717, 1.165) is 0 Å². The topological polar surface area (TPSA) is 143 Å². The van der Waals surface area contributed by atoms with Crippen molar-refractivity contribution in [3.63, 3.8) is 0 Å². The Hall–Kier alpha value is -0.400. The molecule has 1 unspecified atom stereocenters. The molecule has 0 radical (unpaired) electrons. The first kappa shape index (κ1) is 15.6. The first-order chi connectivity index (χ1) is 7.16. The molecule has 0 saturated carbocycles. The van der Waals surface area contributed by atoms with E-state index in [1.54, 1.807) is 0 Å². The molecule has 0 aliphatic rings. The number of hydrogen-bond donors (Lipinski definition) is 3. The van der Waals surface area contributed by atoms with Gasteiger partial charge in [0.15, 0.2) is 0 Å². The lowest BCUT2D eigenvalue weighted by Gasteiger charge is -2.10. The molecule has 0 heterocycles. The normalized spacial score (nSPS) is 16.9. The van der Waals surface area contributed by atoms with Crippen molar-refractivity contribution >= 4 is 15.6 Å². The molecule has 0 aromatic carbocycles. The Morgan fingerprint density at radius 2 is 1.94 bits per heavy atom. The highest BCUT2D eigenvalue weighted by Crippen LogP contribution is 2.57. The Balaban J connectivity index is 4.20. The molecule has 0 aromatic rings. The maximum atomic E-state index is 10.9. The highest BCUT2D eigenvalue weighted by Gasteiger charge is 2.31. The van der Waals surface area contributed by atoms with Gasteiger partial charge in [0.1, 0.15) is 6.54 Å². The van der Waals surface area contributed by atoms with Gasteiger partial charge in [-0.2, -0.15) is 9.22 Å². The largest absolute Gasteiger partial charge is 0.481 e. The van der Waals surface area contributed by atoms with Crippen LogP contribution in [0.3, 0.4) is 0 Å². The van der Waals surface area contributed by atoms with Gasteiger partial charge in [0.2, 0.25) is 0 Å². The summed E-state index contributed by atoms with van der Waals surface area (Å²) in [5.41, 5.74) is 0.478. The van der Waals surface area contributed by atoms with Crippen molar-refractivity contribution in [1.82, 2.24) is 0 Å². The molecule has 0 bridgehead atoms. The van der Waals surface area contributed by atoms with Crippen LogP contribution in [0, 0.1) is 4.91 Å². The van der Waals surface area contributed by atoms with E-state index in [2.05, 4.69) is 14.0 Å². The molecule has 94 valence electrons. The number of rotatable bonds is 7. The molecular weight excluding hydrogens is 264 g/mol. The second kappa shape index (κ2) is 6.36. The zero-order chi connectivity index (χ0) is 12.8. The molecule has 11 heteroatoms. The van der Waals surface area contributed by atoms with Gasteiger partial charge >= 0.3 is 15.6 Å². The first-order valence-electron chi connectivity index (χ1n) is 3.85. The van der Waals surface area contributed by atoms with Gasteiger partial charge in [-0.1, -0.05) is 16.8 Å². The van der Waals surface area contributed by atoms with Crippen molar-refractivity contribution in [2.75, 3.05) is 13.2 Å². The van der Waals surface area contributed by atoms with Gasteiger partial charge in [-0.15, -0.1) is 0 Å². The van der Waals surface area contributed by atoms with Gasteiger partial charge in [-0.05, 0) is 6.92 Å². The standard InChI is InChI=1S/C5H11NO8P2/c1-5(4-6-7)2-3-13-16(11,12)14-15(8,9)10/h2H,3-4H2,1H3,(H,11,12)(H2,8,9,10)/b5-2+. The van der Waals surface area contributed by atoms with Gasteiger partial charge < -0.3 is 14.7 Å². The van der Waals surface area contributed by atoms with E-state index in [0.29, 0.717) is 5.57 Å². The Morgan fingerprint density at radius 1 is 1.38 bits per heavy atom. The van der Waals surface area contributed by atoms with Crippen molar-refractivity contribution in [1.29, 1.82) is 0 Å². The minimum Gasteiger partial charge on any atom is -0.302 e. The monoisotopic (exact) mass is 275 g/mol. The maximum absolute atomic E-state index is 10.9. The van der Waals surface area contributed by atoms with Crippen LogP contribution in [0.4, 0.5) is 0 Å². The average Bonchev–Trinajstić information content (AvgIpc) is 1.98. The van der Waals surface area contributed by atoms with Crippen molar-refractivity contribution < 1.29 is 32.6 Å². The molecule has 0 saturated heterocycles. The summed E-state index contributed by atoms with van der Waals surface area (Å²) in [6.07, 6.45) is 1.26. The van der Waals surface area contributed by atoms with E-state index >= 15 is 0 Å². The molecule has 0 aliphatic heterocycles. The van der Waals surface area contributed by atoms with Crippen LogP contribution in [0.5, 0.6) is 0 Å². The molecule has 9 nitrogen and oxygen atoms in total. The summed E-state index contributed by atoms with van der Waals surface area (Å²) in [7, 11) is -9.90. The predicted octanol–water partition coefficient (Wildman–Crippen LogP) is 0.925. The summed E-state index contributed by atoms with van der Waals surface area (Å²) in [5.74, 6) is 0. The lowest BCUT2D eigenvalue weighted by molar-refractivity contribution is 0.191. The number of hydrogen-bond acceptors (Lipinski definition) is 6.